The van der Waals surface area contributed by atoms with Crippen LogP contribution in [0.4, 0.5) is 5.82 Å². The average Bonchev–Trinajstić information content (AvgIpc) is 2.95. The van der Waals surface area contributed by atoms with Crippen LogP contribution in [0.25, 0.3) is 10.2 Å². The first-order valence-corrected chi connectivity index (χ1v) is 7.45. The van der Waals surface area contributed by atoms with E-state index in [1.807, 2.05) is 16.3 Å². The van der Waals surface area contributed by atoms with Gasteiger partial charge in [-0.25, -0.2) is 9.97 Å². The number of aliphatic carboxylic acids is 1. The van der Waals surface area contributed by atoms with Crippen molar-refractivity contribution in [3.05, 3.63) is 17.8 Å². The maximum Gasteiger partial charge on any atom is 0.320 e. The van der Waals surface area contributed by atoms with Crippen LogP contribution >= 0.6 is 11.3 Å². The summed E-state index contributed by atoms with van der Waals surface area (Å²) in [5.74, 6) is 0.203. The number of fused-ring (bicyclic) bond motifs is 1. The zero-order valence-electron chi connectivity index (χ0n) is 11.2. The molecule has 20 heavy (non-hydrogen) atoms. The van der Waals surface area contributed by atoms with Crippen molar-refractivity contribution in [1.29, 1.82) is 0 Å². The number of carbonyl (C=O) groups is 1. The van der Waals surface area contributed by atoms with Crippen LogP contribution in [0.3, 0.4) is 0 Å². The molecule has 2 aromatic rings. The second-order valence-corrected chi connectivity index (χ2v) is 5.79. The fraction of sp³-hybridized carbons (Fsp3) is 0.462. The number of aromatic nitrogens is 2. The fourth-order valence-corrected chi connectivity index (χ4v) is 3.34. The Hall–Kier alpha value is -1.73. The summed E-state index contributed by atoms with van der Waals surface area (Å²) < 4.78 is 1.10. The van der Waals surface area contributed by atoms with E-state index in [-0.39, 0.29) is 0 Å². The molecule has 0 aromatic carbocycles. The summed E-state index contributed by atoms with van der Waals surface area (Å²) in [6.45, 7) is 4.80. The Kier molecular flexibility index (Phi) is 3.54. The van der Waals surface area contributed by atoms with E-state index in [4.69, 9.17) is 5.11 Å². The van der Waals surface area contributed by atoms with Gasteiger partial charge in [-0.2, -0.15) is 0 Å². The van der Waals surface area contributed by atoms with Crippen molar-refractivity contribution in [3.63, 3.8) is 0 Å². The van der Waals surface area contributed by atoms with Crippen LogP contribution in [0.5, 0.6) is 0 Å². The Morgan fingerprint density at radius 1 is 1.35 bits per heavy atom. The number of thiophene rings is 1. The third kappa shape index (κ3) is 2.34. The molecule has 0 aliphatic carbocycles. The van der Waals surface area contributed by atoms with Gasteiger partial charge in [-0.3, -0.25) is 9.69 Å². The summed E-state index contributed by atoms with van der Waals surface area (Å²) in [7, 11) is 0. The molecule has 1 aliphatic rings. The SMILES string of the molecule is CC(C(=O)O)N1CCN(c2ncnc3ccsc23)CC1. The van der Waals surface area contributed by atoms with Crippen molar-refractivity contribution >= 4 is 33.3 Å². The lowest BCUT2D eigenvalue weighted by molar-refractivity contribution is -0.142. The zero-order valence-corrected chi connectivity index (χ0v) is 12.0. The third-order valence-corrected chi connectivity index (χ3v) is 4.64. The summed E-state index contributed by atoms with van der Waals surface area (Å²) in [4.78, 5) is 23.9. The van der Waals surface area contributed by atoms with E-state index in [9.17, 15) is 4.79 Å². The summed E-state index contributed by atoms with van der Waals surface area (Å²) in [6, 6.07) is 1.57. The smallest absolute Gasteiger partial charge is 0.320 e. The van der Waals surface area contributed by atoms with Gasteiger partial charge in [0.25, 0.3) is 0 Å². The first-order valence-electron chi connectivity index (χ1n) is 6.57. The van der Waals surface area contributed by atoms with Crippen LogP contribution in [0.15, 0.2) is 17.8 Å². The van der Waals surface area contributed by atoms with E-state index in [2.05, 4.69) is 14.9 Å². The lowest BCUT2D eigenvalue weighted by atomic mass is 10.2. The van der Waals surface area contributed by atoms with Crippen LogP contribution in [0.1, 0.15) is 6.92 Å². The van der Waals surface area contributed by atoms with E-state index >= 15 is 0 Å². The Morgan fingerprint density at radius 2 is 2.10 bits per heavy atom. The van der Waals surface area contributed by atoms with Crippen molar-refractivity contribution in [2.24, 2.45) is 0 Å². The van der Waals surface area contributed by atoms with Gasteiger partial charge in [0, 0.05) is 26.2 Å². The molecule has 0 saturated carbocycles. The minimum Gasteiger partial charge on any atom is -0.480 e. The maximum absolute atomic E-state index is 11.0. The van der Waals surface area contributed by atoms with Gasteiger partial charge in [0.15, 0.2) is 0 Å². The van der Waals surface area contributed by atoms with Crippen LogP contribution in [0, 0.1) is 0 Å². The van der Waals surface area contributed by atoms with E-state index in [1.54, 1.807) is 24.6 Å². The van der Waals surface area contributed by atoms with Gasteiger partial charge in [0.05, 0.1) is 10.2 Å². The third-order valence-electron chi connectivity index (χ3n) is 3.74. The Bertz CT molecular complexity index is 622. The van der Waals surface area contributed by atoms with Gasteiger partial charge in [0.2, 0.25) is 0 Å². The van der Waals surface area contributed by atoms with E-state index in [0.717, 1.165) is 42.2 Å². The lowest BCUT2D eigenvalue weighted by Crippen LogP contribution is -2.52. The van der Waals surface area contributed by atoms with Crippen molar-refractivity contribution in [2.75, 3.05) is 31.1 Å². The van der Waals surface area contributed by atoms with Gasteiger partial charge in [0.1, 0.15) is 18.2 Å². The summed E-state index contributed by atoms with van der Waals surface area (Å²) in [5, 5.41) is 11.1. The summed E-state index contributed by atoms with van der Waals surface area (Å²) in [5.41, 5.74) is 0.973. The molecule has 7 heteroatoms. The second kappa shape index (κ2) is 5.34. The highest BCUT2D eigenvalue weighted by molar-refractivity contribution is 7.17. The number of carboxylic acid groups (broad SMARTS) is 1. The zero-order chi connectivity index (χ0) is 14.1. The van der Waals surface area contributed by atoms with Crippen LogP contribution in [-0.2, 0) is 4.79 Å². The standard InChI is InChI=1S/C13H16N4O2S/c1-9(13(18)19)16-3-5-17(6-4-16)12-11-10(2-7-20-11)14-8-15-12/h2,7-9H,3-6H2,1H3,(H,18,19). The van der Waals surface area contributed by atoms with E-state index < -0.39 is 12.0 Å². The normalized spacial score (nSPS) is 18.4. The molecule has 3 rings (SSSR count). The monoisotopic (exact) mass is 292 g/mol. The van der Waals surface area contributed by atoms with Gasteiger partial charge in [-0.05, 0) is 18.4 Å². The molecule has 1 N–H and O–H groups in total. The Balaban J connectivity index is 1.75. The average molecular weight is 292 g/mol. The molecule has 2 aromatic heterocycles. The van der Waals surface area contributed by atoms with E-state index in [1.165, 1.54) is 0 Å². The van der Waals surface area contributed by atoms with Crippen molar-refractivity contribution in [3.8, 4) is 0 Å². The molecule has 0 bridgehead atoms. The first kappa shape index (κ1) is 13.3. The largest absolute Gasteiger partial charge is 0.480 e. The lowest BCUT2D eigenvalue weighted by Gasteiger charge is -2.37. The number of hydrogen-bond acceptors (Lipinski definition) is 6. The molecule has 0 amide bonds. The summed E-state index contributed by atoms with van der Waals surface area (Å²) >= 11 is 1.65. The van der Waals surface area contributed by atoms with Crippen molar-refractivity contribution < 1.29 is 9.90 Å². The minimum absolute atomic E-state index is 0.427. The Morgan fingerprint density at radius 3 is 2.80 bits per heavy atom. The number of rotatable bonds is 3. The van der Waals surface area contributed by atoms with Crippen molar-refractivity contribution in [2.45, 2.75) is 13.0 Å². The molecule has 1 saturated heterocycles. The molecule has 3 heterocycles. The molecule has 1 aliphatic heterocycles. The number of piperazine rings is 1. The van der Waals surface area contributed by atoms with Gasteiger partial charge in [-0.15, -0.1) is 11.3 Å². The number of anilines is 1. The first-order chi connectivity index (χ1) is 9.66. The topological polar surface area (TPSA) is 69.6 Å². The quantitative estimate of drug-likeness (QED) is 0.919. The summed E-state index contributed by atoms with van der Waals surface area (Å²) in [6.07, 6.45) is 1.59. The van der Waals surface area contributed by atoms with Crippen LogP contribution in [-0.4, -0.2) is 58.2 Å². The second-order valence-electron chi connectivity index (χ2n) is 4.87. The van der Waals surface area contributed by atoms with Crippen molar-refractivity contribution in [1.82, 2.24) is 14.9 Å². The maximum atomic E-state index is 11.0. The predicted molar refractivity (Wildman–Crippen MR) is 78.3 cm³/mol. The highest BCUT2D eigenvalue weighted by Crippen LogP contribution is 2.28. The minimum atomic E-state index is -0.763. The fourth-order valence-electron chi connectivity index (χ4n) is 2.48. The number of nitrogens with zero attached hydrogens (tertiary/aromatic N) is 4. The molecule has 0 spiro atoms. The van der Waals surface area contributed by atoms with Gasteiger partial charge >= 0.3 is 5.97 Å². The van der Waals surface area contributed by atoms with Gasteiger partial charge in [-0.1, -0.05) is 0 Å². The van der Waals surface area contributed by atoms with Crippen LogP contribution in [0.2, 0.25) is 0 Å². The molecule has 1 unspecified atom stereocenters. The molecular weight excluding hydrogens is 276 g/mol. The van der Waals surface area contributed by atoms with Gasteiger partial charge < -0.3 is 10.0 Å². The molecule has 0 radical (unpaired) electrons. The molecule has 6 nitrogen and oxygen atoms in total. The molecule has 106 valence electrons. The number of hydrogen-bond donors (Lipinski definition) is 1. The highest BCUT2D eigenvalue weighted by atomic mass is 32.1. The van der Waals surface area contributed by atoms with E-state index in [0.29, 0.717) is 0 Å². The molecule has 1 fully saturated rings. The van der Waals surface area contributed by atoms with Crippen LogP contribution < -0.4 is 4.90 Å². The molecular formula is C13H16N4O2S. The molecule has 1 atom stereocenters. The Labute approximate surface area is 120 Å². The predicted octanol–water partition coefficient (Wildman–Crippen LogP) is 1.29. The number of carboxylic acids is 1. The highest BCUT2D eigenvalue weighted by Gasteiger charge is 2.26.